The molecule has 27 heavy (non-hydrogen) atoms. The maximum Gasteiger partial charge on any atom is 0.256 e. The SMILES string of the molecule is O=C(c1cccc2c3c([nH]c12)CCCC3)N1CC[C@@]23OCCN2C(=O)C[C@@H]13. The lowest BCUT2D eigenvalue weighted by Gasteiger charge is -2.31. The Balaban J connectivity index is 1.41. The summed E-state index contributed by atoms with van der Waals surface area (Å²) in [7, 11) is 0. The van der Waals surface area contributed by atoms with Crippen LogP contribution in [0.25, 0.3) is 10.9 Å². The summed E-state index contributed by atoms with van der Waals surface area (Å²) >= 11 is 0. The minimum absolute atomic E-state index is 0.0196. The van der Waals surface area contributed by atoms with Crippen molar-refractivity contribution >= 4 is 22.7 Å². The summed E-state index contributed by atoms with van der Waals surface area (Å²) in [6.07, 6.45) is 5.65. The van der Waals surface area contributed by atoms with Crippen molar-refractivity contribution in [2.24, 2.45) is 0 Å². The highest BCUT2D eigenvalue weighted by atomic mass is 16.5. The van der Waals surface area contributed by atoms with Crippen molar-refractivity contribution in [3.63, 3.8) is 0 Å². The van der Waals surface area contributed by atoms with Gasteiger partial charge in [0.15, 0.2) is 5.72 Å². The third-order valence-electron chi connectivity index (χ3n) is 7.03. The zero-order valence-corrected chi connectivity index (χ0v) is 15.3. The van der Waals surface area contributed by atoms with E-state index in [4.69, 9.17) is 4.74 Å². The number of amides is 2. The van der Waals surface area contributed by atoms with Crippen molar-refractivity contribution in [2.45, 2.75) is 50.3 Å². The Morgan fingerprint density at radius 2 is 2.11 bits per heavy atom. The summed E-state index contributed by atoms with van der Waals surface area (Å²) in [5, 5.41) is 1.19. The number of benzene rings is 1. The predicted octanol–water partition coefficient (Wildman–Crippen LogP) is 2.22. The second-order valence-corrected chi connectivity index (χ2v) is 8.22. The smallest absolute Gasteiger partial charge is 0.256 e. The molecule has 0 radical (unpaired) electrons. The Morgan fingerprint density at radius 1 is 1.22 bits per heavy atom. The molecule has 1 aromatic heterocycles. The zero-order chi connectivity index (χ0) is 18.2. The van der Waals surface area contributed by atoms with E-state index in [0.29, 0.717) is 32.5 Å². The van der Waals surface area contributed by atoms with Gasteiger partial charge < -0.3 is 19.5 Å². The van der Waals surface area contributed by atoms with Crippen LogP contribution in [0.5, 0.6) is 0 Å². The van der Waals surface area contributed by atoms with Crippen LogP contribution in [0.1, 0.15) is 47.3 Å². The number of carbonyl (C=O) groups excluding carboxylic acids is 2. The van der Waals surface area contributed by atoms with Gasteiger partial charge in [0, 0.05) is 30.6 Å². The first-order chi connectivity index (χ1) is 13.2. The van der Waals surface area contributed by atoms with Gasteiger partial charge in [-0.1, -0.05) is 12.1 Å². The van der Waals surface area contributed by atoms with Crippen molar-refractivity contribution in [3.05, 3.63) is 35.0 Å². The quantitative estimate of drug-likeness (QED) is 0.843. The molecule has 1 N–H and O–H groups in total. The molecule has 0 bridgehead atoms. The van der Waals surface area contributed by atoms with E-state index in [1.807, 2.05) is 21.9 Å². The van der Waals surface area contributed by atoms with E-state index < -0.39 is 5.72 Å². The lowest BCUT2D eigenvalue weighted by Crippen LogP contribution is -2.48. The maximum absolute atomic E-state index is 13.5. The molecule has 1 aromatic carbocycles. The molecule has 1 spiro atoms. The van der Waals surface area contributed by atoms with Crippen LogP contribution in [0.4, 0.5) is 0 Å². The number of hydrogen-bond donors (Lipinski definition) is 1. The molecule has 6 heteroatoms. The first-order valence-electron chi connectivity index (χ1n) is 10.1. The fourth-order valence-corrected chi connectivity index (χ4v) is 5.80. The maximum atomic E-state index is 13.5. The number of rotatable bonds is 1. The van der Waals surface area contributed by atoms with Gasteiger partial charge in [0.05, 0.1) is 30.1 Å². The molecule has 0 unspecified atom stereocenters. The van der Waals surface area contributed by atoms with Gasteiger partial charge in [-0.25, -0.2) is 0 Å². The lowest BCUT2D eigenvalue weighted by atomic mass is 9.95. The van der Waals surface area contributed by atoms with Gasteiger partial charge in [0.1, 0.15) is 0 Å². The van der Waals surface area contributed by atoms with Crippen LogP contribution in [0.2, 0.25) is 0 Å². The van der Waals surface area contributed by atoms with Crippen LogP contribution in [0, 0.1) is 0 Å². The van der Waals surface area contributed by atoms with Gasteiger partial charge in [0.2, 0.25) is 5.91 Å². The highest BCUT2D eigenvalue weighted by molar-refractivity contribution is 6.07. The van der Waals surface area contributed by atoms with Crippen molar-refractivity contribution in [1.29, 1.82) is 0 Å². The van der Waals surface area contributed by atoms with Gasteiger partial charge in [-0.3, -0.25) is 9.59 Å². The molecule has 3 aliphatic heterocycles. The van der Waals surface area contributed by atoms with Crippen molar-refractivity contribution in [3.8, 4) is 0 Å². The van der Waals surface area contributed by atoms with Crippen LogP contribution in [-0.2, 0) is 22.4 Å². The second-order valence-electron chi connectivity index (χ2n) is 8.22. The fourth-order valence-electron chi connectivity index (χ4n) is 5.80. The van der Waals surface area contributed by atoms with E-state index in [9.17, 15) is 9.59 Å². The van der Waals surface area contributed by atoms with E-state index in [-0.39, 0.29) is 17.9 Å². The normalized spacial score (nSPS) is 29.3. The van der Waals surface area contributed by atoms with Crippen LogP contribution in [0.15, 0.2) is 18.2 Å². The number of nitrogens with zero attached hydrogens (tertiary/aromatic N) is 2. The lowest BCUT2D eigenvalue weighted by molar-refractivity contribution is -0.136. The molecule has 140 valence electrons. The molecule has 2 amide bonds. The molecule has 6 nitrogen and oxygen atoms in total. The van der Waals surface area contributed by atoms with Gasteiger partial charge in [-0.05, 0) is 37.3 Å². The van der Waals surface area contributed by atoms with Crippen LogP contribution in [-0.4, -0.2) is 58.1 Å². The van der Waals surface area contributed by atoms with E-state index >= 15 is 0 Å². The Morgan fingerprint density at radius 3 is 3.04 bits per heavy atom. The Bertz CT molecular complexity index is 980. The summed E-state index contributed by atoms with van der Waals surface area (Å²) in [6.45, 7) is 1.86. The third kappa shape index (κ3) is 1.94. The van der Waals surface area contributed by atoms with Gasteiger partial charge >= 0.3 is 0 Å². The number of ether oxygens (including phenoxy) is 1. The van der Waals surface area contributed by atoms with E-state index in [1.165, 1.54) is 29.5 Å². The van der Waals surface area contributed by atoms with Crippen molar-refractivity contribution in [1.82, 2.24) is 14.8 Å². The number of aryl methyl sites for hydroxylation is 2. The average molecular weight is 365 g/mol. The topological polar surface area (TPSA) is 65.6 Å². The molecule has 2 atom stereocenters. The average Bonchev–Trinajstić information content (AvgIpc) is 3.41. The zero-order valence-electron chi connectivity index (χ0n) is 15.3. The number of aromatic amines is 1. The summed E-state index contributed by atoms with van der Waals surface area (Å²) in [4.78, 5) is 33.2. The molecule has 3 saturated heterocycles. The molecular weight excluding hydrogens is 342 g/mol. The van der Waals surface area contributed by atoms with Crippen molar-refractivity contribution < 1.29 is 14.3 Å². The summed E-state index contributed by atoms with van der Waals surface area (Å²) in [5.74, 6) is 0.134. The van der Waals surface area contributed by atoms with E-state index in [1.54, 1.807) is 0 Å². The van der Waals surface area contributed by atoms with Gasteiger partial charge in [-0.2, -0.15) is 0 Å². The van der Waals surface area contributed by atoms with Gasteiger partial charge in [0.25, 0.3) is 5.91 Å². The highest BCUT2D eigenvalue weighted by Crippen LogP contribution is 2.46. The predicted molar refractivity (Wildman–Crippen MR) is 99.4 cm³/mol. The van der Waals surface area contributed by atoms with Gasteiger partial charge in [-0.15, -0.1) is 0 Å². The second kappa shape index (κ2) is 5.35. The third-order valence-corrected chi connectivity index (χ3v) is 7.03. The number of carbonyl (C=O) groups is 2. The van der Waals surface area contributed by atoms with Crippen LogP contribution in [0.3, 0.4) is 0 Å². The molecular formula is C21H23N3O3. The number of hydrogen-bond acceptors (Lipinski definition) is 3. The Hall–Kier alpha value is -2.34. The number of fused-ring (bicyclic) bond motifs is 3. The fraction of sp³-hybridized carbons (Fsp3) is 0.524. The molecule has 3 fully saturated rings. The first kappa shape index (κ1) is 15.7. The minimum atomic E-state index is -0.574. The molecule has 4 heterocycles. The molecule has 2 aromatic rings. The molecule has 1 aliphatic carbocycles. The standard InChI is InChI=1S/C21H23N3O3/c25-18-12-17-21(24(18)10-11-27-21)8-9-23(17)20(26)15-6-3-5-14-13-4-1-2-7-16(13)22-19(14)15/h3,5-6,17,22H,1-2,4,7-12H2/t17-,21+/m1/s1. The van der Waals surface area contributed by atoms with E-state index in [0.717, 1.165) is 23.9 Å². The summed E-state index contributed by atoms with van der Waals surface area (Å²) in [6, 6.07) is 5.86. The highest BCUT2D eigenvalue weighted by Gasteiger charge is 2.62. The van der Waals surface area contributed by atoms with Crippen LogP contribution >= 0.6 is 0 Å². The monoisotopic (exact) mass is 365 g/mol. The molecule has 6 rings (SSSR count). The Kier molecular flexibility index (Phi) is 3.11. The number of nitrogens with one attached hydrogen (secondary N) is 1. The molecule has 0 saturated carbocycles. The van der Waals surface area contributed by atoms with E-state index in [2.05, 4.69) is 11.1 Å². The summed E-state index contributed by atoms with van der Waals surface area (Å²) < 4.78 is 6.03. The minimum Gasteiger partial charge on any atom is -0.358 e. The number of H-pyrrole nitrogens is 1. The summed E-state index contributed by atoms with van der Waals surface area (Å²) in [5.41, 5.74) is 3.78. The number of aromatic nitrogens is 1. The number of likely N-dealkylation sites (tertiary alicyclic amines) is 1. The van der Waals surface area contributed by atoms with Crippen molar-refractivity contribution in [2.75, 3.05) is 19.7 Å². The first-order valence-corrected chi connectivity index (χ1v) is 10.1. The van der Waals surface area contributed by atoms with Crippen LogP contribution < -0.4 is 0 Å². The Labute approximate surface area is 157 Å². The number of para-hydroxylation sites is 1. The molecule has 4 aliphatic rings. The largest absolute Gasteiger partial charge is 0.358 e.